The first kappa shape index (κ1) is 18.2. The van der Waals surface area contributed by atoms with Gasteiger partial charge < -0.3 is 14.7 Å². The van der Waals surface area contributed by atoms with Crippen LogP contribution in [-0.2, 0) is 4.74 Å². The summed E-state index contributed by atoms with van der Waals surface area (Å²) in [6.45, 7) is 15.1. The van der Waals surface area contributed by atoms with Gasteiger partial charge in [0.15, 0.2) is 0 Å². The molecule has 1 aliphatic heterocycles. The van der Waals surface area contributed by atoms with Gasteiger partial charge in [0, 0.05) is 19.6 Å². The first-order chi connectivity index (χ1) is 10.2. The minimum absolute atomic E-state index is 0.326. The molecule has 1 saturated heterocycles. The summed E-state index contributed by atoms with van der Waals surface area (Å²) in [5.41, 5.74) is 0.380. The van der Waals surface area contributed by atoms with Crippen molar-refractivity contribution < 1.29 is 9.84 Å². The van der Waals surface area contributed by atoms with E-state index in [4.69, 9.17) is 4.74 Å². The standard InChI is InChI=1S/C19H37NO2/c1-14-7-18(9-19(4,5)8-14)22-13-17(21)12-20-10-15(2)6-16(3)11-20/h14-18,21H,6-13H2,1-5H3/t14-,15-,16+,17+,18+/m1/s1. The van der Waals surface area contributed by atoms with Gasteiger partial charge in [0.05, 0.1) is 18.8 Å². The summed E-state index contributed by atoms with van der Waals surface area (Å²) in [7, 11) is 0. The van der Waals surface area contributed by atoms with Gasteiger partial charge in [-0.3, -0.25) is 0 Å². The second-order valence-electron chi connectivity index (χ2n) is 9.19. The molecule has 0 aromatic rings. The van der Waals surface area contributed by atoms with Crippen LogP contribution in [0.2, 0.25) is 0 Å². The topological polar surface area (TPSA) is 32.7 Å². The van der Waals surface area contributed by atoms with Crippen LogP contribution in [0.5, 0.6) is 0 Å². The van der Waals surface area contributed by atoms with E-state index in [-0.39, 0.29) is 6.10 Å². The number of rotatable bonds is 5. The van der Waals surface area contributed by atoms with Crippen molar-refractivity contribution >= 4 is 0 Å². The van der Waals surface area contributed by atoms with Crippen molar-refractivity contribution in [2.75, 3.05) is 26.2 Å². The summed E-state index contributed by atoms with van der Waals surface area (Å²) in [6, 6.07) is 0. The van der Waals surface area contributed by atoms with E-state index >= 15 is 0 Å². The second kappa shape index (κ2) is 7.63. The summed E-state index contributed by atoms with van der Waals surface area (Å²) in [6.07, 6.45) is 4.86. The van der Waals surface area contributed by atoms with Crippen LogP contribution in [-0.4, -0.2) is 48.5 Å². The van der Waals surface area contributed by atoms with Crippen LogP contribution in [0.1, 0.15) is 60.3 Å². The first-order valence-electron chi connectivity index (χ1n) is 9.25. The van der Waals surface area contributed by atoms with E-state index in [0.29, 0.717) is 18.1 Å². The molecule has 3 nitrogen and oxygen atoms in total. The number of ether oxygens (including phenoxy) is 1. The van der Waals surface area contributed by atoms with Crippen LogP contribution in [0.3, 0.4) is 0 Å². The molecule has 3 heteroatoms. The highest BCUT2D eigenvalue weighted by Gasteiger charge is 2.33. The normalized spacial score (nSPS) is 37.9. The zero-order valence-corrected chi connectivity index (χ0v) is 15.3. The van der Waals surface area contributed by atoms with Gasteiger partial charge >= 0.3 is 0 Å². The third-order valence-corrected chi connectivity index (χ3v) is 5.28. The maximum Gasteiger partial charge on any atom is 0.0900 e. The van der Waals surface area contributed by atoms with Crippen LogP contribution >= 0.6 is 0 Å². The van der Waals surface area contributed by atoms with Crippen molar-refractivity contribution in [1.29, 1.82) is 0 Å². The Morgan fingerprint density at radius 2 is 1.68 bits per heavy atom. The number of hydrogen-bond donors (Lipinski definition) is 1. The third-order valence-electron chi connectivity index (χ3n) is 5.28. The van der Waals surface area contributed by atoms with Gasteiger partial charge in [-0.2, -0.15) is 0 Å². The minimum Gasteiger partial charge on any atom is -0.389 e. The Labute approximate surface area is 137 Å². The van der Waals surface area contributed by atoms with Gasteiger partial charge in [0.25, 0.3) is 0 Å². The second-order valence-corrected chi connectivity index (χ2v) is 9.19. The predicted octanol–water partition coefficient (Wildman–Crippen LogP) is 3.56. The van der Waals surface area contributed by atoms with Gasteiger partial charge in [0.2, 0.25) is 0 Å². The predicted molar refractivity (Wildman–Crippen MR) is 91.9 cm³/mol. The molecule has 0 bridgehead atoms. The molecule has 0 aromatic heterocycles. The van der Waals surface area contributed by atoms with E-state index in [1.807, 2.05) is 0 Å². The minimum atomic E-state index is -0.349. The summed E-state index contributed by atoms with van der Waals surface area (Å²) in [5.74, 6) is 2.23. The Morgan fingerprint density at radius 3 is 2.27 bits per heavy atom. The molecule has 0 unspecified atom stereocenters. The lowest BCUT2D eigenvalue weighted by Crippen LogP contribution is -2.44. The van der Waals surface area contributed by atoms with Crippen LogP contribution < -0.4 is 0 Å². The van der Waals surface area contributed by atoms with Gasteiger partial charge in [-0.05, 0) is 48.9 Å². The summed E-state index contributed by atoms with van der Waals surface area (Å²) >= 11 is 0. The molecule has 1 aliphatic carbocycles. The van der Waals surface area contributed by atoms with Crippen molar-refractivity contribution in [3.05, 3.63) is 0 Å². The van der Waals surface area contributed by atoms with Crippen molar-refractivity contribution in [3.8, 4) is 0 Å². The van der Waals surface area contributed by atoms with E-state index in [9.17, 15) is 5.11 Å². The third kappa shape index (κ3) is 5.82. The Balaban J connectivity index is 1.72. The molecule has 0 amide bonds. The molecule has 0 radical (unpaired) electrons. The van der Waals surface area contributed by atoms with Gasteiger partial charge in [-0.15, -0.1) is 0 Å². The molecule has 2 rings (SSSR count). The van der Waals surface area contributed by atoms with Gasteiger partial charge in [0.1, 0.15) is 0 Å². The Bertz CT molecular complexity index is 334. The number of likely N-dealkylation sites (tertiary alicyclic amines) is 1. The fraction of sp³-hybridized carbons (Fsp3) is 1.00. The largest absolute Gasteiger partial charge is 0.389 e. The fourth-order valence-electron chi connectivity index (χ4n) is 4.92. The van der Waals surface area contributed by atoms with E-state index in [1.54, 1.807) is 0 Å². The number of nitrogens with zero attached hydrogens (tertiary/aromatic N) is 1. The summed E-state index contributed by atoms with van der Waals surface area (Å²) in [4.78, 5) is 2.42. The number of piperidine rings is 1. The average Bonchev–Trinajstić information content (AvgIpc) is 2.32. The van der Waals surface area contributed by atoms with Crippen molar-refractivity contribution in [3.63, 3.8) is 0 Å². The van der Waals surface area contributed by atoms with E-state index in [2.05, 4.69) is 39.5 Å². The molecule has 1 heterocycles. The molecule has 5 atom stereocenters. The van der Waals surface area contributed by atoms with Gasteiger partial charge in [-0.25, -0.2) is 0 Å². The lowest BCUT2D eigenvalue weighted by molar-refractivity contribution is -0.0641. The van der Waals surface area contributed by atoms with Crippen molar-refractivity contribution in [1.82, 2.24) is 4.90 Å². The smallest absolute Gasteiger partial charge is 0.0900 e. The molecular formula is C19H37NO2. The highest BCUT2D eigenvalue weighted by Crippen LogP contribution is 2.39. The highest BCUT2D eigenvalue weighted by molar-refractivity contribution is 4.84. The molecule has 130 valence electrons. The number of aliphatic hydroxyl groups excluding tert-OH is 1. The Hall–Kier alpha value is -0.120. The molecular weight excluding hydrogens is 274 g/mol. The average molecular weight is 312 g/mol. The zero-order chi connectivity index (χ0) is 16.3. The maximum absolute atomic E-state index is 10.3. The number of β-amino-alcohol motifs (C(OH)–C–C–N with tert-alkyl or cyclic N) is 1. The lowest BCUT2D eigenvalue weighted by atomic mass is 9.71. The van der Waals surface area contributed by atoms with E-state index in [0.717, 1.165) is 50.2 Å². The maximum atomic E-state index is 10.3. The van der Waals surface area contributed by atoms with E-state index in [1.165, 1.54) is 12.8 Å². The van der Waals surface area contributed by atoms with Crippen LogP contribution in [0.25, 0.3) is 0 Å². The van der Waals surface area contributed by atoms with Crippen LogP contribution in [0, 0.1) is 23.2 Å². The van der Waals surface area contributed by atoms with E-state index < -0.39 is 0 Å². The molecule has 1 N–H and O–H groups in total. The van der Waals surface area contributed by atoms with Crippen LogP contribution in [0.4, 0.5) is 0 Å². The Morgan fingerprint density at radius 1 is 1.05 bits per heavy atom. The zero-order valence-electron chi connectivity index (χ0n) is 15.3. The van der Waals surface area contributed by atoms with Crippen molar-refractivity contribution in [2.24, 2.45) is 23.2 Å². The fourth-order valence-corrected chi connectivity index (χ4v) is 4.92. The number of hydrogen-bond acceptors (Lipinski definition) is 3. The van der Waals surface area contributed by atoms with Crippen molar-refractivity contribution in [2.45, 2.75) is 72.5 Å². The van der Waals surface area contributed by atoms with Gasteiger partial charge in [-0.1, -0.05) is 34.6 Å². The molecule has 0 aromatic carbocycles. The quantitative estimate of drug-likeness (QED) is 0.842. The Kier molecular flexibility index (Phi) is 6.32. The summed E-state index contributed by atoms with van der Waals surface area (Å²) < 4.78 is 6.07. The SMILES string of the molecule is C[C@@H]1C[C@H](C)CN(C[C@H](O)CO[C@H]2C[C@@H](C)CC(C)(C)C2)C1. The molecule has 22 heavy (non-hydrogen) atoms. The first-order valence-corrected chi connectivity index (χ1v) is 9.25. The highest BCUT2D eigenvalue weighted by atomic mass is 16.5. The summed E-state index contributed by atoms with van der Waals surface area (Å²) in [5, 5.41) is 10.3. The monoisotopic (exact) mass is 311 g/mol. The molecule has 1 saturated carbocycles. The molecule has 2 aliphatic rings. The molecule has 2 fully saturated rings. The lowest BCUT2D eigenvalue weighted by Gasteiger charge is -2.39. The number of aliphatic hydroxyl groups is 1. The van der Waals surface area contributed by atoms with Crippen LogP contribution in [0.15, 0.2) is 0 Å². The molecule has 0 spiro atoms.